The second-order valence-corrected chi connectivity index (χ2v) is 10.2. The van der Waals surface area contributed by atoms with E-state index in [4.69, 9.17) is 4.42 Å². The third-order valence-electron chi connectivity index (χ3n) is 9.66. The van der Waals surface area contributed by atoms with Gasteiger partial charge in [0.2, 0.25) is 0 Å². The van der Waals surface area contributed by atoms with Crippen LogP contribution in [0.25, 0.3) is 0 Å². The fourth-order valence-electron chi connectivity index (χ4n) is 8.23. The summed E-state index contributed by atoms with van der Waals surface area (Å²) >= 11 is 0. The second kappa shape index (κ2) is 5.38. The van der Waals surface area contributed by atoms with Crippen molar-refractivity contribution in [2.24, 2.45) is 34.5 Å². The zero-order chi connectivity index (χ0) is 17.3. The van der Waals surface area contributed by atoms with Crippen molar-refractivity contribution in [2.45, 2.75) is 83.7 Å². The Bertz CT molecular complexity index is 637. The molecular weight excluding hydrogens is 308 g/mol. The summed E-state index contributed by atoms with van der Waals surface area (Å²) in [5.41, 5.74) is -0.186. The normalized spacial score (nSPS) is 52.3. The molecule has 25 heavy (non-hydrogen) atoms. The molecule has 4 fully saturated rings. The molecule has 0 spiro atoms. The van der Waals surface area contributed by atoms with E-state index in [1.807, 2.05) is 12.1 Å². The van der Waals surface area contributed by atoms with Crippen LogP contribution in [-0.2, 0) is 5.60 Å². The van der Waals surface area contributed by atoms with Crippen molar-refractivity contribution in [1.82, 2.24) is 0 Å². The molecule has 7 atom stereocenters. The van der Waals surface area contributed by atoms with Gasteiger partial charge in [-0.2, -0.15) is 0 Å². The fraction of sp³-hybridized carbons (Fsp3) is 0.826. The number of hydrogen-bond donors (Lipinski definition) is 1. The average molecular weight is 343 g/mol. The monoisotopic (exact) mass is 342 g/mol. The van der Waals surface area contributed by atoms with E-state index in [0.717, 1.165) is 29.9 Å². The van der Waals surface area contributed by atoms with E-state index in [1.54, 1.807) is 6.26 Å². The molecule has 1 N–H and O–H groups in total. The first-order chi connectivity index (χ1) is 12.0. The third-order valence-corrected chi connectivity index (χ3v) is 9.66. The predicted octanol–water partition coefficient (Wildman–Crippen LogP) is 5.90. The summed E-state index contributed by atoms with van der Waals surface area (Å²) in [6.45, 7) is 5.00. The highest BCUT2D eigenvalue weighted by Gasteiger charge is 2.65. The number of rotatable bonds is 1. The molecule has 1 heterocycles. The Labute approximate surface area is 152 Å². The number of furan rings is 1. The summed E-state index contributed by atoms with van der Waals surface area (Å²) in [5.74, 6) is 4.16. The molecule has 4 aliphatic carbocycles. The average Bonchev–Trinajstić information content (AvgIpc) is 3.22. The maximum Gasteiger partial charge on any atom is 0.135 e. The first-order valence-corrected chi connectivity index (χ1v) is 10.8. The molecule has 0 amide bonds. The Hall–Kier alpha value is -0.760. The smallest absolute Gasteiger partial charge is 0.135 e. The van der Waals surface area contributed by atoms with Crippen LogP contribution in [0.2, 0.25) is 0 Å². The molecule has 1 aromatic heterocycles. The lowest BCUT2D eigenvalue weighted by atomic mass is 9.44. The van der Waals surface area contributed by atoms with Crippen molar-refractivity contribution in [3.63, 3.8) is 0 Å². The standard InChI is InChI=1S/C23H34O2/c1-21-12-4-3-6-16(21)8-9-17-18(21)10-13-22(2)19(17)11-14-23(22,24)20-7-5-15-25-20/h5,7,15-19,24H,3-4,6,8-14H2,1-2H3/t16?,17-,18-,19+,21+,22+,23?/m1/s1. The van der Waals surface area contributed by atoms with Gasteiger partial charge in [0.05, 0.1) is 6.26 Å². The van der Waals surface area contributed by atoms with Crippen LogP contribution in [0.3, 0.4) is 0 Å². The fourth-order valence-corrected chi connectivity index (χ4v) is 8.23. The van der Waals surface area contributed by atoms with Crippen LogP contribution < -0.4 is 0 Å². The quantitative estimate of drug-likeness (QED) is 0.689. The maximum absolute atomic E-state index is 11.7. The Morgan fingerprint density at radius 1 is 0.960 bits per heavy atom. The van der Waals surface area contributed by atoms with E-state index in [1.165, 1.54) is 57.8 Å². The molecular formula is C23H34O2. The SMILES string of the molecule is C[C@]12CCCCC1CC[C@@H]1[C@H]2CC[C@@]2(C)[C@H]1CCC2(O)c1ccco1. The van der Waals surface area contributed by atoms with Gasteiger partial charge >= 0.3 is 0 Å². The Morgan fingerprint density at radius 2 is 1.80 bits per heavy atom. The van der Waals surface area contributed by atoms with Gasteiger partial charge in [0.15, 0.2) is 0 Å². The number of fused-ring (bicyclic) bond motifs is 5. The van der Waals surface area contributed by atoms with Gasteiger partial charge in [0, 0.05) is 5.41 Å². The van der Waals surface area contributed by atoms with Crippen LogP contribution in [-0.4, -0.2) is 5.11 Å². The van der Waals surface area contributed by atoms with Crippen molar-refractivity contribution in [2.75, 3.05) is 0 Å². The summed E-state index contributed by atoms with van der Waals surface area (Å²) in [6, 6.07) is 3.93. The third kappa shape index (κ3) is 2.01. The van der Waals surface area contributed by atoms with Gasteiger partial charge < -0.3 is 9.52 Å². The second-order valence-electron chi connectivity index (χ2n) is 10.2. The van der Waals surface area contributed by atoms with Gasteiger partial charge in [-0.05, 0) is 92.6 Å². The maximum atomic E-state index is 11.7. The molecule has 138 valence electrons. The van der Waals surface area contributed by atoms with E-state index in [9.17, 15) is 5.11 Å². The lowest BCUT2D eigenvalue weighted by Gasteiger charge is -2.61. The summed E-state index contributed by atoms with van der Waals surface area (Å²) in [6.07, 6.45) is 14.9. The van der Waals surface area contributed by atoms with Gasteiger partial charge in [-0.1, -0.05) is 26.7 Å². The van der Waals surface area contributed by atoms with E-state index < -0.39 is 5.60 Å². The molecule has 0 saturated heterocycles. The molecule has 2 heteroatoms. The van der Waals surface area contributed by atoms with E-state index in [0.29, 0.717) is 11.3 Å². The van der Waals surface area contributed by atoms with Gasteiger partial charge in [0.1, 0.15) is 11.4 Å². The van der Waals surface area contributed by atoms with Crippen LogP contribution in [0.4, 0.5) is 0 Å². The van der Waals surface area contributed by atoms with Crippen molar-refractivity contribution in [3.8, 4) is 0 Å². The van der Waals surface area contributed by atoms with Gasteiger partial charge in [-0.25, -0.2) is 0 Å². The van der Waals surface area contributed by atoms with Crippen LogP contribution in [0.1, 0.15) is 83.8 Å². The molecule has 4 saturated carbocycles. The van der Waals surface area contributed by atoms with E-state index >= 15 is 0 Å². The molecule has 0 aliphatic heterocycles. The molecule has 0 bridgehead atoms. The largest absolute Gasteiger partial charge is 0.466 e. The van der Waals surface area contributed by atoms with Crippen molar-refractivity contribution >= 4 is 0 Å². The summed E-state index contributed by atoms with van der Waals surface area (Å²) in [7, 11) is 0. The first kappa shape index (κ1) is 16.4. The molecule has 2 nitrogen and oxygen atoms in total. The Morgan fingerprint density at radius 3 is 2.60 bits per heavy atom. The Balaban J connectivity index is 1.49. The Kier molecular flexibility index (Phi) is 3.53. The lowest BCUT2D eigenvalue weighted by Crippen LogP contribution is -2.55. The van der Waals surface area contributed by atoms with Gasteiger partial charge in [-0.15, -0.1) is 0 Å². The minimum Gasteiger partial charge on any atom is -0.466 e. The van der Waals surface area contributed by atoms with E-state index in [-0.39, 0.29) is 5.41 Å². The van der Waals surface area contributed by atoms with E-state index in [2.05, 4.69) is 13.8 Å². The van der Waals surface area contributed by atoms with Crippen molar-refractivity contribution in [1.29, 1.82) is 0 Å². The van der Waals surface area contributed by atoms with Crippen LogP contribution >= 0.6 is 0 Å². The predicted molar refractivity (Wildman–Crippen MR) is 98.9 cm³/mol. The van der Waals surface area contributed by atoms with Crippen LogP contribution in [0.5, 0.6) is 0 Å². The molecule has 0 aromatic carbocycles. The highest BCUT2D eigenvalue weighted by Crippen LogP contribution is 2.70. The van der Waals surface area contributed by atoms with Gasteiger partial charge in [-0.3, -0.25) is 0 Å². The lowest BCUT2D eigenvalue weighted by molar-refractivity contribution is -0.160. The molecule has 5 rings (SSSR count). The molecule has 4 aliphatic rings. The first-order valence-electron chi connectivity index (χ1n) is 10.8. The topological polar surface area (TPSA) is 33.4 Å². The zero-order valence-electron chi connectivity index (χ0n) is 16.0. The minimum absolute atomic E-state index is 0.0100. The number of aliphatic hydroxyl groups is 1. The highest BCUT2D eigenvalue weighted by molar-refractivity contribution is 5.22. The summed E-state index contributed by atoms with van der Waals surface area (Å²) in [4.78, 5) is 0. The zero-order valence-corrected chi connectivity index (χ0v) is 16.0. The molecule has 1 aromatic rings. The van der Waals surface area contributed by atoms with Crippen molar-refractivity contribution in [3.05, 3.63) is 24.2 Å². The van der Waals surface area contributed by atoms with Crippen molar-refractivity contribution < 1.29 is 9.52 Å². The van der Waals surface area contributed by atoms with Gasteiger partial charge in [0.25, 0.3) is 0 Å². The minimum atomic E-state index is -0.754. The number of hydrogen-bond acceptors (Lipinski definition) is 2. The van der Waals surface area contributed by atoms with Crippen LogP contribution in [0.15, 0.2) is 22.8 Å². The van der Waals surface area contributed by atoms with Crippen LogP contribution in [0, 0.1) is 34.5 Å². The molecule has 0 radical (unpaired) electrons. The molecule has 2 unspecified atom stereocenters. The summed E-state index contributed by atoms with van der Waals surface area (Å²) < 4.78 is 5.73. The summed E-state index contributed by atoms with van der Waals surface area (Å²) in [5, 5.41) is 11.7. The highest BCUT2D eigenvalue weighted by atomic mass is 16.4.